The number of nitrogens with zero attached hydrogens (tertiary/aromatic N) is 8. The first-order valence-electron chi connectivity index (χ1n) is 10.6. The summed E-state index contributed by atoms with van der Waals surface area (Å²) in [6.07, 6.45) is 1.26. The van der Waals surface area contributed by atoms with Crippen molar-refractivity contribution in [3.8, 4) is 0 Å². The third kappa shape index (κ3) is 4.80. The van der Waals surface area contributed by atoms with E-state index in [-0.39, 0.29) is 12.3 Å². The molecule has 176 valence electrons. The fourth-order valence-corrected chi connectivity index (χ4v) is 4.56. The van der Waals surface area contributed by atoms with Crippen molar-refractivity contribution in [3.05, 3.63) is 35.4 Å². The summed E-state index contributed by atoms with van der Waals surface area (Å²) in [5.41, 5.74) is 7.03. The quantitative estimate of drug-likeness (QED) is 0.702. The Kier molecular flexibility index (Phi) is 6.27. The topological polar surface area (TPSA) is 114 Å². The molecule has 2 aliphatic rings. The highest BCUT2D eigenvalue weighted by Gasteiger charge is 2.27. The van der Waals surface area contributed by atoms with Crippen molar-refractivity contribution in [2.75, 3.05) is 38.0 Å². The Labute approximate surface area is 197 Å². The monoisotopic (exact) mass is 470 g/mol. The minimum atomic E-state index is -0.203. The van der Waals surface area contributed by atoms with Gasteiger partial charge >= 0.3 is 0 Å². The lowest BCUT2D eigenvalue weighted by Crippen LogP contribution is -2.51. The van der Waals surface area contributed by atoms with Gasteiger partial charge in [-0.3, -0.25) is 15.1 Å². The molecule has 0 saturated carbocycles. The van der Waals surface area contributed by atoms with Gasteiger partial charge in [-0.1, -0.05) is 0 Å². The average Bonchev–Trinajstić information content (AvgIpc) is 3.45. The van der Waals surface area contributed by atoms with Gasteiger partial charge in [0.2, 0.25) is 23.8 Å². The molecule has 3 N–H and O–H groups in total. The van der Waals surface area contributed by atoms with Crippen LogP contribution in [0.4, 0.5) is 10.9 Å². The molecule has 0 fully saturated rings. The van der Waals surface area contributed by atoms with Gasteiger partial charge in [0.25, 0.3) is 0 Å². The van der Waals surface area contributed by atoms with Crippen molar-refractivity contribution in [1.82, 2.24) is 15.1 Å². The zero-order valence-electron chi connectivity index (χ0n) is 19.7. The van der Waals surface area contributed by atoms with Gasteiger partial charge in [-0.15, -0.1) is 11.3 Å². The Bertz CT molecular complexity index is 1100. The molecule has 2 unspecified atom stereocenters. The normalized spacial score (nSPS) is 20.4. The van der Waals surface area contributed by atoms with Crippen LogP contribution in [-0.4, -0.2) is 74.2 Å². The maximum absolute atomic E-state index is 5.86. The highest BCUT2D eigenvalue weighted by Crippen LogP contribution is 2.26. The zero-order valence-corrected chi connectivity index (χ0v) is 20.5. The number of nitrogens with one attached hydrogen (secondary N) is 1. The minimum Gasteiger partial charge on any atom is -0.448 e. The molecule has 0 amide bonds. The first-order chi connectivity index (χ1) is 15.7. The van der Waals surface area contributed by atoms with Crippen molar-refractivity contribution < 1.29 is 4.42 Å². The van der Waals surface area contributed by atoms with E-state index in [1.807, 2.05) is 68.9 Å². The van der Waals surface area contributed by atoms with E-state index in [1.165, 1.54) is 5.56 Å². The van der Waals surface area contributed by atoms with Gasteiger partial charge in [-0.25, -0.2) is 20.0 Å². The Morgan fingerprint density at radius 1 is 1.09 bits per heavy atom. The molecule has 0 saturated heterocycles. The summed E-state index contributed by atoms with van der Waals surface area (Å²) in [5.74, 6) is 3.39. The number of thiophene rings is 1. The molecule has 0 radical (unpaired) electrons. The SMILES string of the molecule is CC1N=C(N(C)Cc2csc(N(C)C3=NC(C)N=C(N)N3)c2)N(C)C(N(C)c2ccco2)=N1. The van der Waals surface area contributed by atoms with Crippen molar-refractivity contribution >= 4 is 46.1 Å². The number of furan rings is 1. The van der Waals surface area contributed by atoms with Crippen LogP contribution in [0.2, 0.25) is 0 Å². The van der Waals surface area contributed by atoms with Crippen LogP contribution >= 0.6 is 11.3 Å². The fourth-order valence-electron chi connectivity index (χ4n) is 3.68. The van der Waals surface area contributed by atoms with Gasteiger partial charge < -0.3 is 20.0 Å². The van der Waals surface area contributed by atoms with Crippen molar-refractivity contribution in [3.63, 3.8) is 0 Å². The van der Waals surface area contributed by atoms with Gasteiger partial charge in [0.15, 0.2) is 5.96 Å². The predicted molar refractivity (Wildman–Crippen MR) is 135 cm³/mol. The molecule has 2 aliphatic heterocycles. The van der Waals surface area contributed by atoms with Crippen molar-refractivity contribution in [2.24, 2.45) is 25.7 Å². The molecule has 0 bridgehead atoms. The van der Waals surface area contributed by atoms with Crippen LogP contribution in [0.5, 0.6) is 0 Å². The van der Waals surface area contributed by atoms with E-state index in [4.69, 9.17) is 20.1 Å². The number of rotatable bonds is 4. The highest BCUT2D eigenvalue weighted by atomic mass is 32.1. The third-order valence-electron chi connectivity index (χ3n) is 5.27. The molecule has 33 heavy (non-hydrogen) atoms. The lowest BCUT2D eigenvalue weighted by atomic mass is 10.3. The largest absolute Gasteiger partial charge is 0.448 e. The fraction of sp³-hybridized carbons (Fsp3) is 0.429. The first kappa shape index (κ1) is 22.6. The van der Waals surface area contributed by atoms with Crippen molar-refractivity contribution in [2.45, 2.75) is 32.7 Å². The zero-order chi connectivity index (χ0) is 23.7. The van der Waals surface area contributed by atoms with E-state index in [0.717, 1.165) is 22.8 Å². The Hall–Kier alpha value is -3.54. The third-order valence-corrected chi connectivity index (χ3v) is 6.32. The molecule has 2 aromatic rings. The van der Waals surface area contributed by atoms with Gasteiger partial charge in [-0.2, -0.15) is 0 Å². The molecule has 2 atom stereocenters. The van der Waals surface area contributed by atoms with Crippen LogP contribution in [0.25, 0.3) is 0 Å². The maximum atomic E-state index is 5.86. The summed E-state index contributed by atoms with van der Waals surface area (Å²) >= 11 is 1.65. The Morgan fingerprint density at radius 2 is 1.82 bits per heavy atom. The van der Waals surface area contributed by atoms with Crippen LogP contribution in [0, 0.1) is 0 Å². The molecule has 4 rings (SSSR count). The second-order valence-corrected chi connectivity index (χ2v) is 8.88. The molecule has 2 aromatic heterocycles. The van der Waals surface area contributed by atoms with Crippen LogP contribution in [-0.2, 0) is 6.54 Å². The number of anilines is 2. The summed E-state index contributed by atoms with van der Waals surface area (Å²) in [6, 6.07) is 5.92. The lowest BCUT2D eigenvalue weighted by Gasteiger charge is -2.36. The first-order valence-corrected chi connectivity index (χ1v) is 11.5. The summed E-state index contributed by atoms with van der Waals surface area (Å²) in [6.45, 7) is 4.57. The van der Waals surface area contributed by atoms with Crippen LogP contribution < -0.4 is 20.9 Å². The summed E-state index contributed by atoms with van der Waals surface area (Å²) in [5, 5.41) is 6.23. The number of hydrogen-bond donors (Lipinski definition) is 2. The molecule has 4 heterocycles. The second-order valence-electron chi connectivity index (χ2n) is 7.99. The second kappa shape index (κ2) is 9.14. The maximum Gasteiger partial charge on any atom is 0.212 e. The summed E-state index contributed by atoms with van der Waals surface area (Å²) < 4.78 is 5.54. The van der Waals surface area contributed by atoms with E-state index in [0.29, 0.717) is 18.5 Å². The number of nitrogens with two attached hydrogens (primary N) is 1. The molecule has 11 nitrogen and oxygen atoms in total. The smallest absolute Gasteiger partial charge is 0.212 e. The molecule has 0 spiro atoms. The van der Waals surface area contributed by atoms with Gasteiger partial charge in [0, 0.05) is 40.8 Å². The Balaban J connectivity index is 1.45. The molecular weight excluding hydrogens is 440 g/mol. The van der Waals surface area contributed by atoms with E-state index >= 15 is 0 Å². The van der Waals surface area contributed by atoms with E-state index in [1.54, 1.807) is 17.6 Å². The molecule has 0 aromatic carbocycles. The van der Waals surface area contributed by atoms with Crippen LogP contribution in [0.1, 0.15) is 19.4 Å². The summed E-state index contributed by atoms with van der Waals surface area (Å²) in [7, 11) is 7.90. The van der Waals surface area contributed by atoms with Gasteiger partial charge in [0.05, 0.1) is 11.3 Å². The van der Waals surface area contributed by atoms with Gasteiger partial charge in [0.1, 0.15) is 12.3 Å². The standard InChI is InChI=1S/C21H30N10OS/c1-13-23-18(22)27-19(24-13)30(5)17-10-15(12-33-17)11-28(3)20-25-14(2)26-21(31(20)6)29(4)16-8-7-9-32-16/h7-10,12-14H,11H2,1-6H3,(H3,22,23,24,27). The van der Waals surface area contributed by atoms with E-state index in [9.17, 15) is 0 Å². The van der Waals surface area contributed by atoms with E-state index in [2.05, 4.69) is 31.6 Å². The number of guanidine groups is 4. The van der Waals surface area contributed by atoms with Gasteiger partial charge in [-0.05, 0) is 36.9 Å². The van der Waals surface area contributed by atoms with Crippen molar-refractivity contribution in [1.29, 1.82) is 0 Å². The molecule has 0 aliphatic carbocycles. The van der Waals surface area contributed by atoms with Crippen LogP contribution in [0.3, 0.4) is 0 Å². The lowest BCUT2D eigenvalue weighted by molar-refractivity contribution is 0.429. The summed E-state index contributed by atoms with van der Waals surface area (Å²) in [4.78, 5) is 26.2. The van der Waals surface area contributed by atoms with E-state index < -0.39 is 0 Å². The number of aliphatic imine (C=N–C) groups is 4. The predicted octanol–water partition coefficient (Wildman–Crippen LogP) is 1.97. The molecular formula is C21H30N10OS. The number of hydrogen-bond acceptors (Lipinski definition) is 12. The minimum absolute atomic E-state index is 0.195. The van der Waals surface area contributed by atoms with Crippen LogP contribution in [0.15, 0.2) is 54.2 Å². The average molecular weight is 471 g/mol. The highest BCUT2D eigenvalue weighted by molar-refractivity contribution is 7.14. The molecule has 12 heteroatoms. The Morgan fingerprint density at radius 3 is 2.52 bits per heavy atom.